The lowest BCUT2D eigenvalue weighted by atomic mass is 10.2. The van der Waals surface area contributed by atoms with E-state index in [0.29, 0.717) is 22.9 Å². The summed E-state index contributed by atoms with van der Waals surface area (Å²) in [5, 5.41) is 0.0355. The summed E-state index contributed by atoms with van der Waals surface area (Å²) in [6.07, 6.45) is 0. The second-order valence-electron chi connectivity index (χ2n) is 3.88. The molecule has 0 unspecified atom stereocenters. The summed E-state index contributed by atoms with van der Waals surface area (Å²) in [5.74, 6) is 0.0415. The Kier molecular flexibility index (Phi) is 3.97. The highest BCUT2D eigenvalue weighted by molar-refractivity contribution is 7.80. The lowest BCUT2D eigenvalue weighted by Crippen LogP contribution is -2.10. The maximum Gasteiger partial charge on any atom is 0.220 e. The van der Waals surface area contributed by atoms with E-state index in [1.807, 2.05) is 0 Å². The maximum absolute atomic E-state index is 13.3. The molecule has 1 heterocycles. The van der Waals surface area contributed by atoms with Crippen molar-refractivity contribution in [3.05, 3.63) is 52.4 Å². The zero-order chi connectivity index (χ0) is 14.0. The first-order chi connectivity index (χ1) is 8.95. The van der Waals surface area contributed by atoms with Gasteiger partial charge in [0.2, 0.25) is 5.88 Å². The number of aromatic nitrogens is 1. The van der Waals surface area contributed by atoms with Gasteiger partial charge in [-0.1, -0.05) is 23.8 Å². The molecule has 2 rings (SSSR count). The summed E-state index contributed by atoms with van der Waals surface area (Å²) in [6.45, 7) is 1.79. The van der Waals surface area contributed by atoms with Crippen molar-refractivity contribution in [3.8, 4) is 11.6 Å². The van der Waals surface area contributed by atoms with Gasteiger partial charge in [-0.25, -0.2) is 9.37 Å². The van der Waals surface area contributed by atoms with E-state index < -0.39 is 5.82 Å². The summed E-state index contributed by atoms with van der Waals surface area (Å²) in [6, 6.07) is 7.50. The van der Waals surface area contributed by atoms with Crippen LogP contribution in [0.5, 0.6) is 11.6 Å². The lowest BCUT2D eigenvalue weighted by molar-refractivity contribution is 0.457. The van der Waals surface area contributed by atoms with Crippen molar-refractivity contribution in [3.63, 3.8) is 0 Å². The Hall–Kier alpha value is -1.72. The van der Waals surface area contributed by atoms with Gasteiger partial charge < -0.3 is 10.5 Å². The molecule has 0 atom stereocenters. The number of pyridine rings is 1. The molecule has 0 aliphatic rings. The van der Waals surface area contributed by atoms with E-state index in [4.69, 9.17) is 34.3 Å². The third-order valence-corrected chi connectivity index (χ3v) is 2.87. The first-order valence-corrected chi connectivity index (χ1v) is 6.16. The molecule has 0 fully saturated rings. The summed E-state index contributed by atoms with van der Waals surface area (Å²) < 4.78 is 18.8. The third kappa shape index (κ3) is 3.39. The molecule has 0 saturated heterocycles. The van der Waals surface area contributed by atoms with Crippen molar-refractivity contribution < 1.29 is 9.13 Å². The fraction of sp³-hybridized carbons (Fsp3) is 0.0769. The average Bonchev–Trinajstić information content (AvgIpc) is 2.33. The molecule has 1 aromatic heterocycles. The van der Waals surface area contributed by atoms with E-state index in [1.54, 1.807) is 25.1 Å². The molecule has 98 valence electrons. The minimum Gasteiger partial charge on any atom is -0.439 e. The van der Waals surface area contributed by atoms with E-state index in [-0.39, 0.29) is 10.0 Å². The van der Waals surface area contributed by atoms with Crippen LogP contribution < -0.4 is 10.5 Å². The Bertz CT molecular complexity index is 649. The lowest BCUT2D eigenvalue weighted by Gasteiger charge is -2.08. The van der Waals surface area contributed by atoms with Gasteiger partial charge in [0.25, 0.3) is 0 Å². The van der Waals surface area contributed by atoms with Gasteiger partial charge in [-0.2, -0.15) is 0 Å². The van der Waals surface area contributed by atoms with Crippen LogP contribution >= 0.6 is 23.8 Å². The van der Waals surface area contributed by atoms with Crippen LogP contribution in [-0.4, -0.2) is 9.97 Å². The van der Waals surface area contributed by atoms with Crippen molar-refractivity contribution in [2.45, 2.75) is 6.92 Å². The normalized spacial score (nSPS) is 10.3. The molecule has 2 N–H and O–H groups in total. The summed E-state index contributed by atoms with van der Waals surface area (Å²) in [5.41, 5.74) is 6.91. The Morgan fingerprint density at radius 3 is 2.74 bits per heavy atom. The molecule has 2 aromatic rings. The van der Waals surface area contributed by atoms with Gasteiger partial charge in [0.05, 0.1) is 5.02 Å². The summed E-state index contributed by atoms with van der Waals surface area (Å²) >= 11 is 10.5. The molecule has 19 heavy (non-hydrogen) atoms. The fourth-order valence-electron chi connectivity index (χ4n) is 1.49. The van der Waals surface area contributed by atoms with Gasteiger partial charge >= 0.3 is 0 Å². The minimum absolute atomic E-state index is 0.0355. The van der Waals surface area contributed by atoms with Crippen LogP contribution in [0.25, 0.3) is 0 Å². The predicted octanol–water partition coefficient (Wildman–Crippen LogP) is 3.61. The Labute approximate surface area is 120 Å². The van der Waals surface area contributed by atoms with Crippen LogP contribution in [-0.2, 0) is 0 Å². The molecule has 0 aliphatic carbocycles. The molecule has 0 bridgehead atoms. The number of halogens is 2. The van der Waals surface area contributed by atoms with Gasteiger partial charge in [0.15, 0.2) is 0 Å². The van der Waals surface area contributed by atoms with Gasteiger partial charge in [0.1, 0.15) is 16.6 Å². The van der Waals surface area contributed by atoms with E-state index in [1.165, 1.54) is 12.1 Å². The molecular weight excluding hydrogens is 287 g/mol. The third-order valence-electron chi connectivity index (χ3n) is 2.33. The Morgan fingerprint density at radius 1 is 1.37 bits per heavy atom. The summed E-state index contributed by atoms with van der Waals surface area (Å²) in [4.78, 5) is 4.42. The van der Waals surface area contributed by atoms with Crippen molar-refractivity contribution in [1.82, 2.24) is 4.98 Å². The molecule has 3 nitrogen and oxygen atoms in total. The highest BCUT2D eigenvalue weighted by Crippen LogP contribution is 2.25. The number of thiocarbonyl (C=S) groups is 1. The molecule has 0 aliphatic heterocycles. The number of nitrogens with two attached hydrogens (primary N) is 1. The number of ether oxygens (including phenoxy) is 1. The number of benzene rings is 1. The van der Waals surface area contributed by atoms with Crippen LogP contribution in [0.4, 0.5) is 4.39 Å². The van der Waals surface area contributed by atoms with Crippen molar-refractivity contribution in [1.29, 1.82) is 0 Å². The smallest absolute Gasteiger partial charge is 0.220 e. The minimum atomic E-state index is -0.554. The molecule has 0 amide bonds. The molecule has 6 heteroatoms. The van der Waals surface area contributed by atoms with Crippen molar-refractivity contribution in [2.75, 3.05) is 0 Å². The number of hydrogen-bond donors (Lipinski definition) is 1. The standard InChI is InChI=1S/C13H10ClFN2OS/c1-7-4-8(13(16)19)5-12(17-7)18-9-2-3-10(14)11(15)6-9/h2-6H,1H3,(H2,16,19). The van der Waals surface area contributed by atoms with Crippen molar-refractivity contribution in [2.24, 2.45) is 5.73 Å². The fourth-order valence-corrected chi connectivity index (χ4v) is 1.73. The molecule has 0 saturated carbocycles. The summed E-state index contributed by atoms with van der Waals surface area (Å²) in [7, 11) is 0. The van der Waals surface area contributed by atoms with E-state index in [2.05, 4.69) is 4.98 Å². The second kappa shape index (κ2) is 5.50. The number of hydrogen-bond acceptors (Lipinski definition) is 3. The van der Waals surface area contributed by atoms with E-state index >= 15 is 0 Å². The molecule has 0 spiro atoms. The second-order valence-corrected chi connectivity index (χ2v) is 4.72. The highest BCUT2D eigenvalue weighted by atomic mass is 35.5. The average molecular weight is 297 g/mol. The van der Waals surface area contributed by atoms with Gasteiger partial charge in [-0.15, -0.1) is 0 Å². The SMILES string of the molecule is Cc1cc(C(N)=S)cc(Oc2ccc(Cl)c(F)c2)n1. The van der Waals surface area contributed by atoms with Crippen LogP contribution in [0.3, 0.4) is 0 Å². The number of rotatable bonds is 3. The van der Waals surface area contributed by atoms with Crippen LogP contribution in [0.1, 0.15) is 11.3 Å². The van der Waals surface area contributed by atoms with Gasteiger partial charge in [0, 0.05) is 23.4 Å². The predicted molar refractivity (Wildman–Crippen MR) is 76.3 cm³/mol. The zero-order valence-corrected chi connectivity index (χ0v) is 11.6. The first-order valence-electron chi connectivity index (χ1n) is 5.37. The Balaban J connectivity index is 2.32. The Morgan fingerprint density at radius 2 is 2.11 bits per heavy atom. The van der Waals surface area contributed by atoms with E-state index in [9.17, 15) is 4.39 Å². The maximum atomic E-state index is 13.3. The van der Waals surface area contributed by atoms with Crippen LogP contribution in [0.15, 0.2) is 30.3 Å². The monoisotopic (exact) mass is 296 g/mol. The number of aryl methyl sites for hydroxylation is 1. The van der Waals surface area contributed by atoms with Crippen LogP contribution in [0, 0.1) is 12.7 Å². The van der Waals surface area contributed by atoms with Crippen LogP contribution in [0.2, 0.25) is 5.02 Å². The van der Waals surface area contributed by atoms with Gasteiger partial charge in [-0.3, -0.25) is 0 Å². The highest BCUT2D eigenvalue weighted by Gasteiger charge is 2.07. The van der Waals surface area contributed by atoms with Crippen molar-refractivity contribution >= 4 is 28.8 Å². The molecular formula is C13H10ClFN2OS. The molecule has 0 radical (unpaired) electrons. The first kappa shape index (κ1) is 13.7. The van der Waals surface area contributed by atoms with Gasteiger partial charge in [-0.05, 0) is 25.1 Å². The van der Waals surface area contributed by atoms with E-state index in [0.717, 1.165) is 0 Å². The largest absolute Gasteiger partial charge is 0.439 e. The topological polar surface area (TPSA) is 48.1 Å². The number of nitrogens with zero attached hydrogens (tertiary/aromatic N) is 1. The quantitative estimate of drug-likeness (QED) is 0.879. The molecule has 1 aromatic carbocycles. The zero-order valence-electron chi connectivity index (χ0n) is 9.98.